The molecule has 2 N–H and O–H groups in total. The fourth-order valence-corrected chi connectivity index (χ4v) is 1.72. The molecule has 0 aliphatic carbocycles. The van der Waals surface area contributed by atoms with Crippen molar-refractivity contribution < 1.29 is 4.79 Å². The second-order valence-corrected chi connectivity index (χ2v) is 4.06. The first-order valence-corrected chi connectivity index (χ1v) is 5.85. The Balaban J connectivity index is 1.98. The van der Waals surface area contributed by atoms with Gasteiger partial charge in [-0.1, -0.05) is 6.07 Å². The van der Waals surface area contributed by atoms with Crippen LogP contribution in [-0.4, -0.2) is 31.1 Å². The van der Waals surface area contributed by atoms with Gasteiger partial charge < -0.3 is 5.73 Å². The van der Waals surface area contributed by atoms with Gasteiger partial charge in [-0.2, -0.15) is 0 Å². The Bertz CT molecular complexity index is 752. The molecular formula is C13H10N6O. The van der Waals surface area contributed by atoms with Gasteiger partial charge in [-0.15, -0.1) is 15.0 Å². The standard InChI is InChI=1S/C13H10N6O/c14-12(20)9-3-1-5-11(7-9)19-17-13(16-18-19)10-4-2-6-15-8-10/h1-8H,(H2,14,20). The number of benzene rings is 1. The van der Waals surface area contributed by atoms with Crippen LogP contribution in [0.25, 0.3) is 17.1 Å². The number of nitrogens with zero attached hydrogens (tertiary/aromatic N) is 5. The molecule has 1 aromatic carbocycles. The lowest BCUT2D eigenvalue weighted by molar-refractivity contribution is 0.100. The third-order valence-electron chi connectivity index (χ3n) is 2.69. The Kier molecular flexibility index (Phi) is 2.92. The maximum atomic E-state index is 11.2. The Labute approximate surface area is 114 Å². The number of pyridine rings is 1. The molecule has 2 heterocycles. The van der Waals surface area contributed by atoms with E-state index in [0.29, 0.717) is 17.1 Å². The molecule has 2 aromatic heterocycles. The average Bonchev–Trinajstić information content (AvgIpc) is 2.98. The molecule has 0 saturated carbocycles. The normalized spacial score (nSPS) is 10.4. The zero-order valence-corrected chi connectivity index (χ0v) is 10.3. The molecule has 0 spiro atoms. The molecule has 0 radical (unpaired) electrons. The van der Waals surface area contributed by atoms with E-state index in [1.54, 1.807) is 42.7 Å². The second kappa shape index (κ2) is 4.88. The first-order chi connectivity index (χ1) is 9.74. The van der Waals surface area contributed by atoms with Crippen molar-refractivity contribution in [2.75, 3.05) is 0 Å². The summed E-state index contributed by atoms with van der Waals surface area (Å²) in [6.07, 6.45) is 3.32. The highest BCUT2D eigenvalue weighted by Crippen LogP contribution is 2.13. The minimum Gasteiger partial charge on any atom is -0.366 e. The lowest BCUT2D eigenvalue weighted by Gasteiger charge is -2.00. The van der Waals surface area contributed by atoms with Crippen LogP contribution in [0.1, 0.15) is 10.4 Å². The van der Waals surface area contributed by atoms with Gasteiger partial charge in [0.15, 0.2) is 0 Å². The van der Waals surface area contributed by atoms with E-state index >= 15 is 0 Å². The van der Waals surface area contributed by atoms with Crippen LogP contribution < -0.4 is 5.73 Å². The lowest BCUT2D eigenvalue weighted by Crippen LogP contribution is -2.11. The minimum absolute atomic E-state index is 0.391. The third-order valence-corrected chi connectivity index (χ3v) is 2.69. The SMILES string of the molecule is NC(=O)c1cccc(-n2nnc(-c3cccnc3)n2)c1. The number of rotatable bonds is 3. The molecule has 1 amide bonds. The molecule has 3 aromatic rings. The molecule has 0 atom stereocenters. The molecule has 0 bridgehead atoms. The first-order valence-electron chi connectivity index (χ1n) is 5.85. The van der Waals surface area contributed by atoms with Crippen molar-refractivity contribution in [1.82, 2.24) is 25.2 Å². The molecule has 98 valence electrons. The Hall–Kier alpha value is -3.09. The van der Waals surface area contributed by atoms with Crippen LogP contribution in [0.2, 0.25) is 0 Å². The van der Waals surface area contributed by atoms with Gasteiger partial charge >= 0.3 is 0 Å². The van der Waals surface area contributed by atoms with Crippen molar-refractivity contribution in [2.45, 2.75) is 0 Å². The highest BCUT2D eigenvalue weighted by Gasteiger charge is 2.08. The van der Waals surface area contributed by atoms with Crippen LogP contribution in [-0.2, 0) is 0 Å². The van der Waals surface area contributed by atoms with Gasteiger partial charge in [-0.3, -0.25) is 9.78 Å². The summed E-state index contributed by atoms with van der Waals surface area (Å²) in [5.74, 6) is -0.0398. The number of tetrazole rings is 1. The Morgan fingerprint density at radius 1 is 1.20 bits per heavy atom. The molecule has 20 heavy (non-hydrogen) atoms. The van der Waals surface area contributed by atoms with Crippen LogP contribution in [0.4, 0.5) is 0 Å². The summed E-state index contributed by atoms with van der Waals surface area (Å²) in [5, 5.41) is 12.2. The summed E-state index contributed by atoms with van der Waals surface area (Å²) in [7, 11) is 0. The number of aromatic nitrogens is 5. The van der Waals surface area contributed by atoms with Gasteiger partial charge in [0.25, 0.3) is 0 Å². The molecule has 0 aliphatic rings. The van der Waals surface area contributed by atoms with Crippen LogP contribution >= 0.6 is 0 Å². The monoisotopic (exact) mass is 266 g/mol. The predicted octanol–water partition coefficient (Wildman–Crippen LogP) is 0.823. The van der Waals surface area contributed by atoms with Crippen LogP contribution in [0.15, 0.2) is 48.8 Å². The zero-order chi connectivity index (χ0) is 13.9. The maximum Gasteiger partial charge on any atom is 0.248 e. The van der Waals surface area contributed by atoms with Crippen LogP contribution in [0, 0.1) is 0 Å². The van der Waals surface area contributed by atoms with E-state index in [4.69, 9.17) is 5.73 Å². The fraction of sp³-hybridized carbons (Fsp3) is 0. The van der Waals surface area contributed by atoms with Gasteiger partial charge in [0.1, 0.15) is 0 Å². The predicted molar refractivity (Wildman–Crippen MR) is 70.9 cm³/mol. The van der Waals surface area contributed by atoms with Crippen molar-refractivity contribution in [2.24, 2.45) is 5.73 Å². The third kappa shape index (κ3) is 2.24. The highest BCUT2D eigenvalue weighted by atomic mass is 16.1. The van der Waals surface area contributed by atoms with E-state index in [1.807, 2.05) is 6.07 Å². The molecule has 0 saturated heterocycles. The number of amides is 1. The van der Waals surface area contributed by atoms with Crippen LogP contribution in [0.5, 0.6) is 0 Å². The topological polar surface area (TPSA) is 99.6 Å². The molecule has 0 aliphatic heterocycles. The summed E-state index contributed by atoms with van der Waals surface area (Å²) in [4.78, 5) is 16.5. The summed E-state index contributed by atoms with van der Waals surface area (Å²) in [6, 6.07) is 10.4. The van der Waals surface area contributed by atoms with Crippen molar-refractivity contribution in [3.63, 3.8) is 0 Å². The fourth-order valence-electron chi connectivity index (χ4n) is 1.72. The summed E-state index contributed by atoms with van der Waals surface area (Å²) in [6.45, 7) is 0. The van der Waals surface area contributed by atoms with Gasteiger partial charge in [-0.25, -0.2) is 0 Å². The number of hydrogen-bond acceptors (Lipinski definition) is 5. The number of primary amides is 1. The molecule has 0 fully saturated rings. The highest BCUT2D eigenvalue weighted by molar-refractivity contribution is 5.93. The van der Waals surface area contributed by atoms with Gasteiger partial charge in [-0.05, 0) is 35.5 Å². The number of hydrogen-bond donors (Lipinski definition) is 1. The van der Waals surface area contributed by atoms with E-state index in [0.717, 1.165) is 5.56 Å². The Morgan fingerprint density at radius 2 is 2.10 bits per heavy atom. The van der Waals surface area contributed by atoms with E-state index in [-0.39, 0.29) is 0 Å². The van der Waals surface area contributed by atoms with Gasteiger partial charge in [0, 0.05) is 23.5 Å². The van der Waals surface area contributed by atoms with Gasteiger partial charge in [0.2, 0.25) is 11.7 Å². The van der Waals surface area contributed by atoms with Gasteiger partial charge in [0.05, 0.1) is 5.69 Å². The Morgan fingerprint density at radius 3 is 2.85 bits per heavy atom. The quantitative estimate of drug-likeness (QED) is 0.756. The maximum absolute atomic E-state index is 11.2. The zero-order valence-electron chi connectivity index (χ0n) is 10.3. The molecule has 7 heteroatoms. The summed E-state index contributed by atoms with van der Waals surface area (Å²) < 4.78 is 0. The molecular weight excluding hydrogens is 256 g/mol. The van der Waals surface area contributed by atoms with Crippen molar-refractivity contribution >= 4 is 5.91 Å². The largest absolute Gasteiger partial charge is 0.366 e. The van der Waals surface area contributed by atoms with Crippen molar-refractivity contribution in [1.29, 1.82) is 0 Å². The van der Waals surface area contributed by atoms with E-state index < -0.39 is 5.91 Å². The molecule has 7 nitrogen and oxygen atoms in total. The number of carbonyl (C=O) groups is 1. The van der Waals surface area contributed by atoms with E-state index in [2.05, 4.69) is 20.4 Å². The average molecular weight is 266 g/mol. The van der Waals surface area contributed by atoms with E-state index in [9.17, 15) is 4.79 Å². The number of carbonyl (C=O) groups excluding carboxylic acids is 1. The van der Waals surface area contributed by atoms with E-state index in [1.165, 1.54) is 4.80 Å². The second-order valence-electron chi connectivity index (χ2n) is 4.06. The minimum atomic E-state index is -0.501. The first kappa shape index (κ1) is 12.0. The van der Waals surface area contributed by atoms with Crippen LogP contribution in [0.3, 0.4) is 0 Å². The molecule has 0 unspecified atom stereocenters. The number of nitrogens with two attached hydrogens (primary N) is 1. The molecule has 3 rings (SSSR count). The summed E-state index contributed by atoms with van der Waals surface area (Å²) >= 11 is 0. The smallest absolute Gasteiger partial charge is 0.248 e. The van der Waals surface area contributed by atoms with Crippen molar-refractivity contribution in [3.05, 3.63) is 54.4 Å². The summed E-state index contributed by atoms with van der Waals surface area (Å²) in [5.41, 5.74) is 7.02. The van der Waals surface area contributed by atoms with Crippen molar-refractivity contribution in [3.8, 4) is 17.1 Å². The lowest BCUT2D eigenvalue weighted by atomic mass is 10.2.